The van der Waals surface area contributed by atoms with Crippen molar-refractivity contribution in [1.82, 2.24) is 25.1 Å². The number of amides is 2. The summed E-state index contributed by atoms with van der Waals surface area (Å²) in [6.07, 6.45) is 1.86. The maximum Gasteiger partial charge on any atom is 0.324 e. The number of urea groups is 1. The van der Waals surface area contributed by atoms with Gasteiger partial charge >= 0.3 is 6.03 Å². The summed E-state index contributed by atoms with van der Waals surface area (Å²) in [5.74, 6) is 1.87. The maximum atomic E-state index is 12.4. The van der Waals surface area contributed by atoms with E-state index in [1.807, 2.05) is 63.4 Å². The Morgan fingerprint density at radius 2 is 1.77 bits per heavy atom. The van der Waals surface area contributed by atoms with Crippen LogP contribution >= 0.6 is 0 Å². The number of benzene rings is 2. The van der Waals surface area contributed by atoms with E-state index >= 15 is 0 Å². The molecule has 2 amide bonds. The van der Waals surface area contributed by atoms with Crippen molar-refractivity contribution in [2.45, 2.75) is 26.2 Å². The molecule has 0 saturated carbocycles. The van der Waals surface area contributed by atoms with Gasteiger partial charge in [-0.15, -0.1) is 5.10 Å². The fourth-order valence-corrected chi connectivity index (χ4v) is 4.03. The van der Waals surface area contributed by atoms with Gasteiger partial charge in [-0.25, -0.2) is 9.48 Å². The van der Waals surface area contributed by atoms with E-state index in [0.29, 0.717) is 29.6 Å². The van der Waals surface area contributed by atoms with E-state index in [-0.39, 0.29) is 5.41 Å². The highest BCUT2D eigenvalue weighted by Crippen LogP contribution is 2.25. The average molecular weight is 532 g/mol. The van der Waals surface area contributed by atoms with E-state index in [1.165, 1.54) is 0 Å². The first-order valence-electron chi connectivity index (χ1n) is 12.9. The molecule has 1 aliphatic rings. The number of aromatic nitrogens is 4. The number of carbonyl (C=O) groups excluding carboxylic acids is 1. The number of ether oxygens (including phenoxy) is 2. The minimum atomic E-state index is -0.407. The van der Waals surface area contributed by atoms with Crippen LogP contribution in [0.15, 0.2) is 65.3 Å². The maximum absolute atomic E-state index is 12.4. The molecule has 1 aliphatic heterocycles. The van der Waals surface area contributed by atoms with E-state index < -0.39 is 6.03 Å². The van der Waals surface area contributed by atoms with E-state index in [0.717, 1.165) is 49.8 Å². The zero-order valence-electron chi connectivity index (χ0n) is 22.4. The number of carbonyl (C=O) groups is 1. The van der Waals surface area contributed by atoms with Crippen LogP contribution in [0, 0.1) is 0 Å². The Morgan fingerprint density at radius 1 is 1.03 bits per heavy atom. The molecule has 0 bridgehead atoms. The number of hydrogen-bond acceptors (Lipinski definition) is 8. The molecule has 39 heavy (non-hydrogen) atoms. The quantitative estimate of drug-likeness (QED) is 0.339. The van der Waals surface area contributed by atoms with E-state index in [4.69, 9.17) is 14.0 Å². The van der Waals surface area contributed by atoms with Gasteiger partial charge in [0.15, 0.2) is 5.82 Å². The van der Waals surface area contributed by atoms with Crippen molar-refractivity contribution in [3.05, 3.63) is 66.6 Å². The molecule has 4 aromatic rings. The van der Waals surface area contributed by atoms with Crippen molar-refractivity contribution in [2.75, 3.05) is 50.1 Å². The molecular weight excluding hydrogens is 498 g/mol. The molecular formula is C28H33N7O4. The summed E-state index contributed by atoms with van der Waals surface area (Å²) < 4.78 is 18.3. The molecule has 1 fully saturated rings. The Bertz CT molecular complexity index is 1370. The lowest BCUT2D eigenvalue weighted by Crippen LogP contribution is -2.38. The minimum Gasteiger partial charge on any atom is -0.492 e. The molecule has 0 atom stereocenters. The topological polar surface area (TPSA) is 120 Å². The smallest absolute Gasteiger partial charge is 0.324 e. The summed E-state index contributed by atoms with van der Waals surface area (Å²) in [4.78, 5) is 14.7. The van der Waals surface area contributed by atoms with Gasteiger partial charge in [-0.2, -0.15) is 0 Å². The molecule has 5 rings (SSSR count). The highest BCUT2D eigenvalue weighted by Gasteiger charge is 2.20. The summed E-state index contributed by atoms with van der Waals surface area (Å²) >= 11 is 0. The lowest BCUT2D eigenvalue weighted by molar-refractivity contribution is 0.0322. The van der Waals surface area contributed by atoms with Crippen molar-refractivity contribution in [2.24, 2.45) is 0 Å². The normalized spacial score (nSPS) is 14.2. The molecule has 11 nitrogen and oxygen atoms in total. The minimum absolute atomic E-state index is 0.192. The van der Waals surface area contributed by atoms with Crippen LogP contribution in [0.3, 0.4) is 0 Å². The molecule has 1 saturated heterocycles. The predicted octanol–water partition coefficient (Wildman–Crippen LogP) is 4.57. The summed E-state index contributed by atoms with van der Waals surface area (Å²) in [6.45, 7) is 11.0. The van der Waals surface area contributed by atoms with Crippen LogP contribution in [-0.2, 0) is 10.2 Å². The number of anilines is 2. The number of morpholine rings is 1. The largest absolute Gasteiger partial charge is 0.492 e. The fourth-order valence-electron chi connectivity index (χ4n) is 4.03. The van der Waals surface area contributed by atoms with Gasteiger partial charge in [0.05, 0.1) is 25.1 Å². The van der Waals surface area contributed by atoms with Gasteiger partial charge in [0.25, 0.3) is 0 Å². The lowest BCUT2D eigenvalue weighted by atomic mass is 9.93. The first-order valence-corrected chi connectivity index (χ1v) is 12.9. The van der Waals surface area contributed by atoms with Crippen LogP contribution in [0.4, 0.5) is 16.3 Å². The van der Waals surface area contributed by atoms with Crippen molar-refractivity contribution >= 4 is 17.5 Å². The van der Waals surface area contributed by atoms with Gasteiger partial charge in [0, 0.05) is 42.4 Å². The second-order valence-corrected chi connectivity index (χ2v) is 10.3. The number of rotatable bonds is 8. The Labute approximate surface area is 227 Å². The zero-order valence-corrected chi connectivity index (χ0v) is 22.4. The summed E-state index contributed by atoms with van der Waals surface area (Å²) in [5.41, 5.74) is 2.91. The van der Waals surface area contributed by atoms with Gasteiger partial charge in [0.1, 0.15) is 23.8 Å². The number of nitrogens with one attached hydrogen (secondary N) is 2. The molecule has 2 aromatic heterocycles. The highest BCUT2D eigenvalue weighted by atomic mass is 16.5. The predicted molar refractivity (Wildman–Crippen MR) is 147 cm³/mol. The fraction of sp³-hybridized carbons (Fsp3) is 0.357. The molecule has 0 unspecified atom stereocenters. The second kappa shape index (κ2) is 11.7. The van der Waals surface area contributed by atoms with Crippen molar-refractivity contribution in [3.8, 4) is 22.7 Å². The molecule has 0 spiro atoms. The monoisotopic (exact) mass is 531 g/mol. The van der Waals surface area contributed by atoms with Crippen molar-refractivity contribution in [1.29, 1.82) is 0 Å². The highest BCUT2D eigenvalue weighted by molar-refractivity contribution is 5.99. The third-order valence-corrected chi connectivity index (χ3v) is 6.30. The summed E-state index contributed by atoms with van der Waals surface area (Å²) in [7, 11) is 0. The second-order valence-electron chi connectivity index (χ2n) is 10.3. The zero-order chi connectivity index (χ0) is 27.2. The molecule has 0 aliphatic carbocycles. The van der Waals surface area contributed by atoms with Gasteiger partial charge in [-0.05, 0) is 36.4 Å². The molecule has 3 heterocycles. The van der Waals surface area contributed by atoms with E-state index in [2.05, 4.69) is 31.0 Å². The number of nitrogens with zero attached hydrogens (tertiary/aromatic N) is 5. The van der Waals surface area contributed by atoms with Crippen LogP contribution < -0.4 is 15.4 Å². The van der Waals surface area contributed by atoms with Gasteiger partial charge in [-0.3, -0.25) is 10.2 Å². The first kappa shape index (κ1) is 26.4. The van der Waals surface area contributed by atoms with E-state index in [9.17, 15) is 4.79 Å². The third-order valence-electron chi connectivity index (χ3n) is 6.30. The van der Waals surface area contributed by atoms with Crippen LogP contribution in [0.1, 0.15) is 26.5 Å². The molecule has 204 valence electrons. The summed E-state index contributed by atoms with van der Waals surface area (Å²) in [6, 6.07) is 16.5. The van der Waals surface area contributed by atoms with Gasteiger partial charge in [0.2, 0.25) is 0 Å². The molecule has 11 heteroatoms. The average Bonchev–Trinajstić information content (AvgIpc) is 3.61. The Morgan fingerprint density at radius 3 is 2.46 bits per heavy atom. The Balaban J connectivity index is 1.13. The van der Waals surface area contributed by atoms with Crippen LogP contribution in [0.25, 0.3) is 16.9 Å². The standard InChI is InChI=1S/C28H33N7O4/c1-28(2,3)25-18-26(32-39-25)30-27(36)29-21-6-4-20(5-7-21)24-19-35(33-31-24)22-8-10-23(11-9-22)38-17-14-34-12-15-37-16-13-34/h4-11,18-19H,12-17H2,1-3H3,(H2,29,30,32,36). The molecule has 2 N–H and O–H groups in total. The molecule has 0 radical (unpaired) electrons. The molecule has 2 aromatic carbocycles. The first-order chi connectivity index (χ1) is 18.8. The Hall–Kier alpha value is -4.22. The van der Waals surface area contributed by atoms with Crippen molar-refractivity contribution < 1.29 is 18.8 Å². The third kappa shape index (κ3) is 7.01. The van der Waals surface area contributed by atoms with E-state index in [1.54, 1.807) is 22.9 Å². The van der Waals surface area contributed by atoms with Crippen LogP contribution in [0.2, 0.25) is 0 Å². The Kier molecular flexibility index (Phi) is 7.89. The van der Waals surface area contributed by atoms with Crippen LogP contribution in [0.5, 0.6) is 5.75 Å². The SMILES string of the molecule is CC(C)(C)c1cc(NC(=O)Nc2ccc(-c3cn(-c4ccc(OCCN5CCOCC5)cc4)nn3)cc2)no1. The van der Waals surface area contributed by atoms with Crippen LogP contribution in [-0.4, -0.2) is 70.5 Å². The lowest BCUT2D eigenvalue weighted by Gasteiger charge is -2.26. The van der Waals surface area contributed by atoms with Gasteiger partial charge in [-0.1, -0.05) is 43.3 Å². The van der Waals surface area contributed by atoms with Crippen molar-refractivity contribution in [3.63, 3.8) is 0 Å². The number of hydrogen-bond donors (Lipinski definition) is 2. The van der Waals surface area contributed by atoms with Gasteiger partial charge < -0.3 is 19.3 Å². The summed E-state index contributed by atoms with van der Waals surface area (Å²) in [5, 5.41) is 17.9.